The van der Waals surface area contributed by atoms with Crippen LogP contribution < -0.4 is 5.32 Å². The van der Waals surface area contributed by atoms with E-state index in [2.05, 4.69) is 41.4 Å². The Bertz CT molecular complexity index is 980. The van der Waals surface area contributed by atoms with E-state index in [1.54, 1.807) is 22.5 Å². The van der Waals surface area contributed by atoms with Crippen molar-refractivity contribution in [3.63, 3.8) is 0 Å². The second kappa shape index (κ2) is 7.07. The molecule has 0 saturated carbocycles. The van der Waals surface area contributed by atoms with Crippen LogP contribution in [0.4, 0.5) is 5.69 Å². The molecule has 2 aliphatic rings. The first kappa shape index (κ1) is 18.2. The Morgan fingerprint density at radius 3 is 2.56 bits per heavy atom. The number of nitrogens with one attached hydrogen (secondary N) is 1. The summed E-state index contributed by atoms with van der Waals surface area (Å²) in [6.45, 7) is 5.27. The fraction of sp³-hybridized carbons (Fsp3) is 0.350. The molecule has 2 aliphatic heterocycles. The lowest BCUT2D eigenvalue weighted by atomic mass is 10.1. The van der Waals surface area contributed by atoms with Crippen molar-refractivity contribution >= 4 is 21.6 Å². The average Bonchev–Trinajstić information content (AvgIpc) is 3.01. The van der Waals surface area contributed by atoms with E-state index < -0.39 is 10.0 Å². The van der Waals surface area contributed by atoms with E-state index in [-0.39, 0.29) is 17.2 Å². The fourth-order valence-corrected chi connectivity index (χ4v) is 5.19. The third-order valence-corrected chi connectivity index (χ3v) is 7.05. The minimum Gasteiger partial charge on any atom is -0.326 e. The predicted octanol–water partition coefficient (Wildman–Crippen LogP) is 2.00. The molecule has 0 aliphatic carbocycles. The minimum atomic E-state index is -3.54. The number of rotatable bonds is 4. The van der Waals surface area contributed by atoms with Crippen LogP contribution in [-0.4, -0.2) is 49.7 Å². The maximum absolute atomic E-state index is 13.0. The van der Waals surface area contributed by atoms with Crippen molar-refractivity contribution in [1.29, 1.82) is 0 Å². The number of benzene rings is 2. The lowest BCUT2D eigenvalue weighted by Gasteiger charge is -2.34. The lowest BCUT2D eigenvalue weighted by Crippen LogP contribution is -2.48. The van der Waals surface area contributed by atoms with Gasteiger partial charge in [0.1, 0.15) is 0 Å². The van der Waals surface area contributed by atoms with Crippen LogP contribution in [-0.2, 0) is 27.8 Å². The molecular formula is C20H23N3O3S. The Kier molecular flexibility index (Phi) is 4.75. The molecule has 6 nitrogen and oxygen atoms in total. The summed E-state index contributed by atoms with van der Waals surface area (Å²) in [4.78, 5) is 14.0. The number of piperazine rings is 1. The highest BCUT2D eigenvalue weighted by Crippen LogP contribution is 2.27. The number of hydrogen-bond donors (Lipinski definition) is 1. The first-order chi connectivity index (χ1) is 12.9. The van der Waals surface area contributed by atoms with Crippen LogP contribution in [0.1, 0.15) is 16.7 Å². The van der Waals surface area contributed by atoms with Gasteiger partial charge < -0.3 is 5.32 Å². The molecule has 7 heteroatoms. The molecule has 2 aromatic carbocycles. The summed E-state index contributed by atoms with van der Waals surface area (Å²) < 4.78 is 27.5. The monoisotopic (exact) mass is 385 g/mol. The molecule has 27 heavy (non-hydrogen) atoms. The summed E-state index contributed by atoms with van der Waals surface area (Å²) in [5.74, 6) is -0.0932. The number of hydrogen-bond acceptors (Lipinski definition) is 4. The molecule has 1 N–H and O–H groups in total. The quantitative estimate of drug-likeness (QED) is 0.874. The predicted molar refractivity (Wildman–Crippen MR) is 104 cm³/mol. The van der Waals surface area contributed by atoms with E-state index in [0.717, 1.165) is 12.1 Å². The number of carbonyl (C=O) groups excluding carboxylic acids is 1. The maximum atomic E-state index is 13.0. The van der Waals surface area contributed by atoms with Gasteiger partial charge in [-0.25, -0.2) is 8.42 Å². The highest BCUT2D eigenvalue weighted by atomic mass is 32.2. The third-order valence-electron chi connectivity index (χ3n) is 5.16. The summed E-state index contributed by atoms with van der Waals surface area (Å²) >= 11 is 0. The number of sulfonamides is 1. The lowest BCUT2D eigenvalue weighted by molar-refractivity contribution is -0.115. The molecule has 0 unspecified atom stereocenters. The molecule has 1 saturated heterocycles. The molecule has 0 bridgehead atoms. The topological polar surface area (TPSA) is 69.7 Å². The van der Waals surface area contributed by atoms with Gasteiger partial charge in [-0.05, 0) is 36.2 Å². The first-order valence-electron chi connectivity index (χ1n) is 9.13. The highest BCUT2D eigenvalue weighted by molar-refractivity contribution is 7.89. The number of aryl methyl sites for hydroxylation is 1. The Hall–Kier alpha value is -2.22. The van der Waals surface area contributed by atoms with Crippen LogP contribution in [0, 0.1) is 6.92 Å². The van der Waals surface area contributed by atoms with E-state index >= 15 is 0 Å². The third kappa shape index (κ3) is 3.76. The van der Waals surface area contributed by atoms with Gasteiger partial charge in [0.05, 0.1) is 11.3 Å². The number of carbonyl (C=O) groups is 1. The molecule has 0 aromatic heterocycles. The summed E-state index contributed by atoms with van der Waals surface area (Å²) in [6.07, 6.45) is 0.239. The van der Waals surface area contributed by atoms with E-state index in [9.17, 15) is 13.2 Å². The molecule has 2 aromatic rings. The zero-order valence-corrected chi connectivity index (χ0v) is 16.1. The average molecular weight is 385 g/mol. The molecule has 4 rings (SSSR count). The minimum absolute atomic E-state index is 0.0932. The number of fused-ring (bicyclic) bond motifs is 1. The highest BCUT2D eigenvalue weighted by Gasteiger charge is 2.30. The standard InChI is InChI=1S/C20H23N3O3S/c1-15-3-2-4-16(11-15)14-22-7-9-23(10-8-22)27(25,26)18-5-6-19-17(12-18)13-20(24)21-19/h2-6,11-12H,7-10,13-14H2,1H3,(H,21,24). The van der Waals surface area contributed by atoms with Gasteiger partial charge in [-0.2, -0.15) is 4.31 Å². The van der Waals surface area contributed by atoms with Crippen molar-refractivity contribution in [3.8, 4) is 0 Å². The van der Waals surface area contributed by atoms with Crippen LogP contribution in [0.2, 0.25) is 0 Å². The van der Waals surface area contributed by atoms with Gasteiger partial charge >= 0.3 is 0 Å². The number of amides is 1. The zero-order valence-electron chi connectivity index (χ0n) is 15.3. The van der Waals surface area contributed by atoms with Crippen molar-refractivity contribution in [1.82, 2.24) is 9.21 Å². The molecular weight excluding hydrogens is 362 g/mol. The number of nitrogens with zero attached hydrogens (tertiary/aromatic N) is 2. The largest absolute Gasteiger partial charge is 0.326 e. The van der Waals surface area contributed by atoms with Gasteiger partial charge in [0.15, 0.2) is 0 Å². The molecule has 0 spiro atoms. The molecule has 2 heterocycles. The Balaban J connectivity index is 1.43. The van der Waals surface area contributed by atoms with Crippen molar-refractivity contribution in [2.45, 2.75) is 24.8 Å². The zero-order chi connectivity index (χ0) is 19.0. The summed E-state index contributed by atoms with van der Waals surface area (Å²) in [5, 5.41) is 2.73. The normalized spacial score (nSPS) is 18.3. The van der Waals surface area contributed by atoms with Gasteiger partial charge in [0.25, 0.3) is 0 Å². The van der Waals surface area contributed by atoms with E-state index in [1.807, 2.05) is 0 Å². The summed E-state index contributed by atoms with van der Waals surface area (Å²) in [6, 6.07) is 13.3. The van der Waals surface area contributed by atoms with Gasteiger partial charge in [-0.3, -0.25) is 9.69 Å². The van der Waals surface area contributed by atoms with Crippen molar-refractivity contribution in [2.75, 3.05) is 31.5 Å². The maximum Gasteiger partial charge on any atom is 0.243 e. The summed E-state index contributed by atoms with van der Waals surface area (Å²) in [7, 11) is -3.54. The van der Waals surface area contributed by atoms with Gasteiger partial charge in [0, 0.05) is 38.4 Å². The van der Waals surface area contributed by atoms with Crippen LogP contribution in [0.3, 0.4) is 0 Å². The smallest absolute Gasteiger partial charge is 0.243 e. The van der Waals surface area contributed by atoms with Crippen LogP contribution in [0.5, 0.6) is 0 Å². The van der Waals surface area contributed by atoms with Crippen LogP contribution in [0.15, 0.2) is 47.4 Å². The number of anilines is 1. The van der Waals surface area contributed by atoms with Crippen LogP contribution in [0.25, 0.3) is 0 Å². The SMILES string of the molecule is Cc1cccc(CN2CCN(S(=O)(=O)c3ccc4c(c3)CC(=O)N4)CC2)c1. The molecule has 1 amide bonds. The fourth-order valence-electron chi connectivity index (χ4n) is 3.71. The van der Waals surface area contributed by atoms with E-state index in [0.29, 0.717) is 31.9 Å². The van der Waals surface area contributed by atoms with Crippen molar-refractivity contribution in [2.24, 2.45) is 0 Å². The van der Waals surface area contributed by atoms with E-state index in [1.165, 1.54) is 11.1 Å². The van der Waals surface area contributed by atoms with Crippen LogP contribution >= 0.6 is 0 Å². The van der Waals surface area contributed by atoms with Crippen molar-refractivity contribution < 1.29 is 13.2 Å². The Labute approximate surface area is 159 Å². The van der Waals surface area contributed by atoms with Gasteiger partial charge in [-0.15, -0.1) is 0 Å². The molecule has 0 atom stereocenters. The molecule has 142 valence electrons. The Morgan fingerprint density at radius 2 is 1.81 bits per heavy atom. The second-order valence-corrected chi connectivity index (χ2v) is 9.15. The second-order valence-electron chi connectivity index (χ2n) is 7.21. The van der Waals surface area contributed by atoms with E-state index in [4.69, 9.17) is 0 Å². The van der Waals surface area contributed by atoms with Crippen molar-refractivity contribution in [3.05, 3.63) is 59.2 Å². The molecule has 1 fully saturated rings. The first-order valence-corrected chi connectivity index (χ1v) is 10.6. The van der Waals surface area contributed by atoms with Gasteiger partial charge in [0.2, 0.25) is 15.9 Å². The van der Waals surface area contributed by atoms with Gasteiger partial charge in [-0.1, -0.05) is 29.8 Å². The Morgan fingerprint density at radius 1 is 1.04 bits per heavy atom. The molecule has 0 radical (unpaired) electrons. The summed E-state index contributed by atoms with van der Waals surface area (Å²) in [5.41, 5.74) is 3.95.